The predicted molar refractivity (Wildman–Crippen MR) is 227 cm³/mol. The number of piperazine rings is 1. The average Bonchev–Trinajstić information content (AvgIpc) is 3.58. The summed E-state index contributed by atoms with van der Waals surface area (Å²) in [6, 6.07) is 28.4. The fourth-order valence-corrected chi connectivity index (χ4v) is 11.1. The Labute approximate surface area is 342 Å². The molecule has 4 aliphatic heterocycles. The zero-order chi connectivity index (χ0) is 39.3. The minimum atomic E-state index is -0.585. The summed E-state index contributed by atoms with van der Waals surface area (Å²) in [5, 5.41) is 12.7. The van der Waals surface area contributed by atoms with E-state index in [2.05, 4.69) is 80.7 Å². The second-order valence-corrected chi connectivity index (χ2v) is 17.8. The molecule has 0 saturated carbocycles. The third-order valence-electron chi connectivity index (χ3n) is 14.4. The molecule has 3 amide bonds. The Morgan fingerprint density at radius 2 is 1.36 bits per heavy atom. The van der Waals surface area contributed by atoms with Crippen LogP contribution < -0.4 is 15.1 Å². The summed E-state index contributed by atoms with van der Waals surface area (Å²) in [4.78, 5) is 46.6. The molecule has 58 heavy (non-hydrogen) atoms. The average molecular weight is 778 g/mol. The van der Waals surface area contributed by atoms with Gasteiger partial charge in [-0.1, -0.05) is 36.4 Å². The summed E-state index contributed by atoms with van der Waals surface area (Å²) in [6.07, 6.45) is 10.1. The molecule has 0 unspecified atom stereocenters. The number of carbonyl (C=O) groups excluding carboxylic acids is 3. The molecular weight excluding hydrogens is 723 g/mol. The number of fused-ring (bicyclic) bond motifs is 3. The van der Waals surface area contributed by atoms with E-state index in [9.17, 15) is 19.5 Å². The summed E-state index contributed by atoms with van der Waals surface area (Å²) >= 11 is 0. The van der Waals surface area contributed by atoms with Crippen LogP contribution in [0.25, 0.3) is 0 Å². The van der Waals surface area contributed by atoms with E-state index < -0.39 is 6.04 Å². The van der Waals surface area contributed by atoms with E-state index in [1.54, 1.807) is 16.0 Å². The summed E-state index contributed by atoms with van der Waals surface area (Å²) in [7, 11) is 0. The number of imide groups is 1. The number of benzene rings is 4. The quantitative estimate of drug-likeness (QED) is 0.197. The lowest BCUT2D eigenvalue weighted by molar-refractivity contribution is -0.136. The smallest absolute Gasteiger partial charge is 0.255 e. The number of anilines is 2. The largest absolute Gasteiger partial charge is 0.508 e. The lowest BCUT2D eigenvalue weighted by Gasteiger charge is -2.40. The van der Waals surface area contributed by atoms with Crippen molar-refractivity contribution in [2.24, 2.45) is 5.92 Å². The molecule has 0 aromatic heterocycles. The van der Waals surface area contributed by atoms with Gasteiger partial charge in [-0.3, -0.25) is 24.6 Å². The zero-order valence-corrected chi connectivity index (χ0v) is 33.5. The van der Waals surface area contributed by atoms with E-state index >= 15 is 0 Å². The van der Waals surface area contributed by atoms with Gasteiger partial charge in [0, 0.05) is 81.6 Å². The molecule has 4 aromatic carbocycles. The molecule has 4 aromatic rings. The van der Waals surface area contributed by atoms with Crippen LogP contribution in [0.4, 0.5) is 11.4 Å². The number of nitrogens with one attached hydrogen (secondary N) is 1. The molecule has 3 atom stereocenters. The van der Waals surface area contributed by atoms with Gasteiger partial charge >= 0.3 is 0 Å². The van der Waals surface area contributed by atoms with Gasteiger partial charge in [0.15, 0.2) is 0 Å². The third kappa shape index (κ3) is 7.16. The van der Waals surface area contributed by atoms with E-state index in [1.807, 2.05) is 18.2 Å². The van der Waals surface area contributed by atoms with Crippen LogP contribution in [-0.2, 0) is 35.4 Å². The number of amides is 3. The van der Waals surface area contributed by atoms with Crippen LogP contribution in [0.3, 0.4) is 0 Å². The highest BCUT2D eigenvalue weighted by Gasteiger charge is 2.39. The number of hydrogen-bond donors (Lipinski definition) is 2. The molecule has 3 fully saturated rings. The highest BCUT2D eigenvalue weighted by molar-refractivity contribution is 6.05. The number of rotatable bonds is 7. The van der Waals surface area contributed by atoms with Crippen molar-refractivity contribution in [1.82, 2.24) is 15.1 Å². The molecule has 10 rings (SSSR count). The Morgan fingerprint density at radius 3 is 2.16 bits per heavy atom. The van der Waals surface area contributed by atoms with Gasteiger partial charge in [-0.15, -0.1) is 0 Å². The van der Waals surface area contributed by atoms with E-state index in [4.69, 9.17) is 0 Å². The Kier molecular flexibility index (Phi) is 9.96. The van der Waals surface area contributed by atoms with Crippen LogP contribution in [0.5, 0.6) is 5.75 Å². The second kappa shape index (κ2) is 15.6. The van der Waals surface area contributed by atoms with Gasteiger partial charge in [-0.25, -0.2) is 0 Å². The maximum absolute atomic E-state index is 13.2. The normalized spacial score (nSPS) is 24.0. The first kappa shape index (κ1) is 37.1. The fourth-order valence-electron chi connectivity index (χ4n) is 11.1. The molecule has 3 saturated heterocycles. The molecule has 0 spiro atoms. The minimum absolute atomic E-state index is 0.119. The van der Waals surface area contributed by atoms with Crippen molar-refractivity contribution >= 4 is 29.1 Å². The predicted octanol–water partition coefficient (Wildman–Crippen LogP) is 6.93. The molecule has 4 heterocycles. The summed E-state index contributed by atoms with van der Waals surface area (Å²) in [6.45, 7) is 7.67. The molecule has 2 N–H and O–H groups in total. The van der Waals surface area contributed by atoms with Crippen molar-refractivity contribution in [3.63, 3.8) is 0 Å². The number of phenols is 1. The number of nitrogens with zero attached hydrogens (tertiary/aromatic N) is 4. The van der Waals surface area contributed by atoms with Gasteiger partial charge in [-0.2, -0.15) is 0 Å². The molecule has 300 valence electrons. The van der Waals surface area contributed by atoms with Crippen LogP contribution in [0, 0.1) is 5.92 Å². The Morgan fingerprint density at radius 1 is 0.621 bits per heavy atom. The van der Waals surface area contributed by atoms with E-state index in [0.29, 0.717) is 36.1 Å². The second-order valence-electron chi connectivity index (χ2n) is 17.8. The van der Waals surface area contributed by atoms with Gasteiger partial charge in [0.25, 0.3) is 5.91 Å². The maximum Gasteiger partial charge on any atom is 0.255 e. The van der Waals surface area contributed by atoms with Gasteiger partial charge in [0.1, 0.15) is 11.8 Å². The van der Waals surface area contributed by atoms with Crippen molar-refractivity contribution in [1.29, 1.82) is 0 Å². The molecule has 9 nitrogen and oxygen atoms in total. The van der Waals surface area contributed by atoms with E-state index in [0.717, 1.165) is 69.9 Å². The van der Waals surface area contributed by atoms with Crippen LogP contribution in [0.15, 0.2) is 78.9 Å². The van der Waals surface area contributed by atoms with Crippen LogP contribution in [0.1, 0.15) is 106 Å². The minimum Gasteiger partial charge on any atom is -0.508 e. The number of carbonyl (C=O) groups is 3. The van der Waals surface area contributed by atoms with Crippen molar-refractivity contribution in [2.45, 2.75) is 88.6 Å². The van der Waals surface area contributed by atoms with Crippen molar-refractivity contribution in [2.75, 3.05) is 55.6 Å². The van der Waals surface area contributed by atoms with Crippen LogP contribution in [-0.4, -0.2) is 84.5 Å². The molecule has 0 radical (unpaired) electrons. The van der Waals surface area contributed by atoms with Gasteiger partial charge in [0.05, 0.1) is 0 Å². The van der Waals surface area contributed by atoms with Gasteiger partial charge in [-0.05, 0) is 151 Å². The SMILES string of the molecule is O=C1CC[C@H](N2Cc3cc(N4CCN(CC5CCN(c6ccc([C@@H]7c8ccc(O)cc8CC[C@@H]7c7ccc8c(c7)CCCC8)cc6)CC5)CC4)ccc3C2=O)C(=O)N1. The number of piperidine rings is 2. The lowest BCUT2D eigenvalue weighted by Crippen LogP contribution is -2.52. The highest BCUT2D eigenvalue weighted by Crippen LogP contribution is 2.48. The van der Waals surface area contributed by atoms with Crippen LogP contribution >= 0.6 is 0 Å². The van der Waals surface area contributed by atoms with E-state index in [1.165, 1.54) is 66.5 Å². The Bertz CT molecular complexity index is 2220. The molecule has 6 aliphatic rings. The lowest BCUT2D eigenvalue weighted by atomic mass is 9.68. The number of phenolic OH excluding ortho intramolecular Hbond substituents is 1. The number of aromatic hydroxyl groups is 1. The maximum atomic E-state index is 13.2. The van der Waals surface area contributed by atoms with Crippen molar-refractivity contribution < 1.29 is 19.5 Å². The standard InChI is InChI=1S/C49H55N5O4/c55-41-13-16-43-37(29-41)9-14-42(36-6-5-33-3-1-2-4-35(33)27-36)47(43)34-7-10-39(11-8-34)52-21-19-32(20-22-52)30-51-23-25-53(26-24-51)40-12-15-44-38(28-40)31-54(49(44)58)45-17-18-46(56)50-48(45)57/h5-8,10-13,15-16,27-29,32,42,45,47,55H,1-4,9,14,17-26,30-31H2,(H,50,56,57)/t42-,45+,47+/m1/s1. The first-order chi connectivity index (χ1) is 28.3. The molecule has 0 bridgehead atoms. The summed E-state index contributed by atoms with van der Waals surface area (Å²) < 4.78 is 0. The van der Waals surface area contributed by atoms with E-state index in [-0.39, 0.29) is 30.1 Å². The zero-order valence-electron chi connectivity index (χ0n) is 33.5. The van der Waals surface area contributed by atoms with Crippen molar-refractivity contribution in [3.05, 3.63) is 123 Å². The monoisotopic (exact) mass is 777 g/mol. The van der Waals surface area contributed by atoms with Crippen LogP contribution in [0.2, 0.25) is 0 Å². The Balaban J connectivity index is 0.742. The topological polar surface area (TPSA) is 96.4 Å². The Hall–Kier alpha value is -5.15. The third-order valence-corrected chi connectivity index (χ3v) is 14.4. The van der Waals surface area contributed by atoms with Crippen molar-refractivity contribution in [3.8, 4) is 5.75 Å². The van der Waals surface area contributed by atoms with Gasteiger partial charge < -0.3 is 19.8 Å². The first-order valence-electron chi connectivity index (χ1n) is 21.9. The summed E-state index contributed by atoms with van der Waals surface area (Å²) in [5.41, 5.74) is 12.7. The first-order valence-corrected chi connectivity index (χ1v) is 21.9. The molecular formula is C49H55N5O4. The highest BCUT2D eigenvalue weighted by atomic mass is 16.3. The molecule has 2 aliphatic carbocycles. The number of hydrogen-bond acceptors (Lipinski definition) is 7. The fraction of sp³-hybridized carbons (Fsp3) is 0.449. The number of aryl methyl sites for hydroxylation is 3. The van der Waals surface area contributed by atoms with Gasteiger partial charge in [0.2, 0.25) is 11.8 Å². The molecule has 9 heteroatoms. The summed E-state index contributed by atoms with van der Waals surface area (Å²) in [5.74, 6) is 0.998.